The SMILES string of the molecule is CCNC(=NCCn1ccnc1)N1CCCC1. The molecular formula is C12H21N5. The first-order chi connectivity index (χ1) is 8.40. The van der Waals surface area contributed by atoms with Crippen molar-refractivity contribution in [3.05, 3.63) is 18.7 Å². The number of hydrogen-bond donors (Lipinski definition) is 1. The van der Waals surface area contributed by atoms with Crippen molar-refractivity contribution >= 4 is 5.96 Å². The fourth-order valence-electron chi connectivity index (χ4n) is 2.05. The van der Waals surface area contributed by atoms with Gasteiger partial charge in [0.2, 0.25) is 0 Å². The summed E-state index contributed by atoms with van der Waals surface area (Å²) in [5.74, 6) is 1.06. The van der Waals surface area contributed by atoms with Gasteiger partial charge in [0.1, 0.15) is 0 Å². The normalized spacial score (nSPS) is 16.5. The van der Waals surface area contributed by atoms with Crippen molar-refractivity contribution in [2.75, 3.05) is 26.2 Å². The molecule has 2 rings (SSSR count). The molecule has 17 heavy (non-hydrogen) atoms. The summed E-state index contributed by atoms with van der Waals surface area (Å²) in [5, 5.41) is 3.36. The fourth-order valence-corrected chi connectivity index (χ4v) is 2.05. The van der Waals surface area contributed by atoms with Gasteiger partial charge in [-0.2, -0.15) is 0 Å². The second kappa shape index (κ2) is 6.27. The van der Waals surface area contributed by atoms with Crippen LogP contribution in [0.5, 0.6) is 0 Å². The largest absolute Gasteiger partial charge is 0.357 e. The van der Waals surface area contributed by atoms with Crippen LogP contribution < -0.4 is 5.32 Å². The number of aliphatic imine (C=N–C) groups is 1. The van der Waals surface area contributed by atoms with Crippen LogP contribution in [0.1, 0.15) is 19.8 Å². The zero-order chi connectivity index (χ0) is 11.9. The average Bonchev–Trinajstić information content (AvgIpc) is 3.01. The van der Waals surface area contributed by atoms with Crippen molar-refractivity contribution in [1.29, 1.82) is 0 Å². The van der Waals surface area contributed by atoms with Gasteiger partial charge in [-0.15, -0.1) is 0 Å². The van der Waals surface area contributed by atoms with Gasteiger partial charge in [0.05, 0.1) is 12.9 Å². The van der Waals surface area contributed by atoms with E-state index in [0.717, 1.165) is 38.7 Å². The third-order valence-electron chi connectivity index (χ3n) is 2.92. The van der Waals surface area contributed by atoms with Gasteiger partial charge in [0.15, 0.2) is 5.96 Å². The molecule has 0 atom stereocenters. The highest BCUT2D eigenvalue weighted by atomic mass is 15.3. The van der Waals surface area contributed by atoms with Crippen molar-refractivity contribution in [3.63, 3.8) is 0 Å². The average molecular weight is 235 g/mol. The summed E-state index contributed by atoms with van der Waals surface area (Å²) in [6.07, 6.45) is 8.17. The molecule has 0 bridgehead atoms. The van der Waals surface area contributed by atoms with Gasteiger partial charge in [-0.1, -0.05) is 0 Å². The Hall–Kier alpha value is -1.52. The van der Waals surface area contributed by atoms with Crippen LogP contribution in [0.25, 0.3) is 0 Å². The molecule has 1 fully saturated rings. The molecule has 0 amide bonds. The Morgan fingerprint density at radius 3 is 2.88 bits per heavy atom. The van der Waals surface area contributed by atoms with Crippen LogP contribution >= 0.6 is 0 Å². The molecule has 0 aliphatic carbocycles. The number of nitrogens with one attached hydrogen (secondary N) is 1. The lowest BCUT2D eigenvalue weighted by atomic mass is 10.4. The number of hydrogen-bond acceptors (Lipinski definition) is 2. The van der Waals surface area contributed by atoms with Gasteiger partial charge in [0.25, 0.3) is 0 Å². The maximum atomic E-state index is 4.65. The second-order valence-corrected chi connectivity index (χ2v) is 4.23. The quantitative estimate of drug-likeness (QED) is 0.624. The lowest BCUT2D eigenvalue weighted by molar-refractivity contribution is 0.492. The van der Waals surface area contributed by atoms with Gasteiger partial charge in [-0.05, 0) is 19.8 Å². The number of rotatable bonds is 4. The number of likely N-dealkylation sites (tertiary alicyclic amines) is 1. The van der Waals surface area contributed by atoms with E-state index in [1.54, 1.807) is 6.20 Å². The highest BCUT2D eigenvalue weighted by molar-refractivity contribution is 5.80. The van der Waals surface area contributed by atoms with Crippen molar-refractivity contribution in [2.45, 2.75) is 26.3 Å². The summed E-state index contributed by atoms with van der Waals surface area (Å²) in [5.41, 5.74) is 0. The molecule has 0 spiro atoms. The Morgan fingerprint density at radius 1 is 1.41 bits per heavy atom. The van der Waals surface area contributed by atoms with Crippen LogP contribution in [-0.2, 0) is 6.54 Å². The number of nitrogens with zero attached hydrogens (tertiary/aromatic N) is 4. The highest BCUT2D eigenvalue weighted by Gasteiger charge is 2.14. The molecule has 2 heterocycles. The second-order valence-electron chi connectivity index (χ2n) is 4.23. The number of imidazole rings is 1. The van der Waals surface area contributed by atoms with Crippen molar-refractivity contribution in [2.24, 2.45) is 4.99 Å². The van der Waals surface area contributed by atoms with Crippen LogP contribution in [-0.4, -0.2) is 46.6 Å². The Balaban J connectivity index is 1.86. The summed E-state index contributed by atoms with van der Waals surface area (Å²) in [6.45, 7) is 7.01. The number of guanidine groups is 1. The molecule has 1 aromatic heterocycles. The van der Waals surface area contributed by atoms with Crippen LogP contribution in [0.3, 0.4) is 0 Å². The van der Waals surface area contributed by atoms with E-state index in [2.05, 4.69) is 31.7 Å². The summed E-state index contributed by atoms with van der Waals surface area (Å²) in [6, 6.07) is 0. The predicted molar refractivity (Wildman–Crippen MR) is 69.0 cm³/mol. The summed E-state index contributed by atoms with van der Waals surface area (Å²) >= 11 is 0. The third kappa shape index (κ3) is 3.47. The van der Waals surface area contributed by atoms with Crippen molar-refractivity contribution in [3.8, 4) is 0 Å². The maximum Gasteiger partial charge on any atom is 0.193 e. The highest BCUT2D eigenvalue weighted by Crippen LogP contribution is 2.07. The molecular weight excluding hydrogens is 214 g/mol. The fraction of sp³-hybridized carbons (Fsp3) is 0.667. The van der Waals surface area contributed by atoms with Crippen molar-refractivity contribution < 1.29 is 0 Å². The van der Waals surface area contributed by atoms with E-state index in [4.69, 9.17) is 0 Å². The first-order valence-electron chi connectivity index (χ1n) is 6.39. The predicted octanol–water partition coefficient (Wildman–Crippen LogP) is 0.944. The maximum absolute atomic E-state index is 4.65. The monoisotopic (exact) mass is 235 g/mol. The Morgan fingerprint density at radius 2 is 2.24 bits per heavy atom. The summed E-state index contributed by atoms with van der Waals surface area (Å²) in [4.78, 5) is 11.0. The van der Waals surface area contributed by atoms with Gasteiger partial charge in [-0.3, -0.25) is 4.99 Å². The van der Waals surface area contributed by atoms with E-state index in [1.807, 2.05) is 12.5 Å². The minimum absolute atomic E-state index is 0.801. The lowest BCUT2D eigenvalue weighted by Gasteiger charge is -2.20. The molecule has 1 aliphatic heterocycles. The molecule has 1 N–H and O–H groups in total. The molecule has 1 aliphatic rings. The van der Waals surface area contributed by atoms with E-state index in [-0.39, 0.29) is 0 Å². The van der Waals surface area contributed by atoms with Gasteiger partial charge < -0.3 is 14.8 Å². The van der Waals surface area contributed by atoms with E-state index in [1.165, 1.54) is 12.8 Å². The minimum Gasteiger partial charge on any atom is -0.357 e. The molecule has 1 saturated heterocycles. The minimum atomic E-state index is 0.801. The first kappa shape index (κ1) is 12.0. The van der Waals surface area contributed by atoms with Crippen LogP contribution in [0.2, 0.25) is 0 Å². The molecule has 1 aromatic rings. The zero-order valence-electron chi connectivity index (χ0n) is 10.5. The Kier molecular flexibility index (Phi) is 4.41. The van der Waals surface area contributed by atoms with Gasteiger partial charge >= 0.3 is 0 Å². The van der Waals surface area contributed by atoms with Gasteiger partial charge in [0, 0.05) is 38.6 Å². The molecule has 5 nitrogen and oxygen atoms in total. The summed E-state index contributed by atoms with van der Waals surface area (Å²) < 4.78 is 2.05. The molecule has 0 unspecified atom stereocenters. The van der Waals surface area contributed by atoms with Crippen LogP contribution in [0, 0.1) is 0 Å². The number of aromatic nitrogens is 2. The van der Waals surface area contributed by atoms with E-state index in [0.29, 0.717) is 0 Å². The molecule has 5 heteroatoms. The standard InChI is InChI=1S/C12H21N5/c1-2-14-12(17-7-3-4-8-17)15-6-10-16-9-5-13-11-16/h5,9,11H,2-4,6-8,10H2,1H3,(H,14,15). The van der Waals surface area contributed by atoms with E-state index < -0.39 is 0 Å². The summed E-state index contributed by atoms with van der Waals surface area (Å²) in [7, 11) is 0. The Bertz CT molecular complexity index is 338. The molecule has 0 saturated carbocycles. The molecule has 0 radical (unpaired) electrons. The van der Waals surface area contributed by atoms with Crippen LogP contribution in [0.4, 0.5) is 0 Å². The molecule has 94 valence electrons. The van der Waals surface area contributed by atoms with Gasteiger partial charge in [-0.25, -0.2) is 4.98 Å². The topological polar surface area (TPSA) is 45.5 Å². The third-order valence-corrected chi connectivity index (χ3v) is 2.92. The lowest BCUT2D eigenvalue weighted by Crippen LogP contribution is -2.39. The zero-order valence-corrected chi connectivity index (χ0v) is 10.5. The van der Waals surface area contributed by atoms with Crippen molar-refractivity contribution in [1.82, 2.24) is 19.8 Å². The van der Waals surface area contributed by atoms with Crippen LogP contribution in [0.15, 0.2) is 23.7 Å². The van der Waals surface area contributed by atoms with E-state index >= 15 is 0 Å². The first-order valence-corrected chi connectivity index (χ1v) is 6.39. The smallest absolute Gasteiger partial charge is 0.193 e. The Labute approximate surface area is 103 Å². The van der Waals surface area contributed by atoms with E-state index in [9.17, 15) is 0 Å². The molecule has 0 aromatic carbocycles.